The van der Waals surface area contributed by atoms with E-state index >= 15 is 0 Å². The van der Waals surface area contributed by atoms with E-state index in [2.05, 4.69) is 35.2 Å². The third kappa shape index (κ3) is 3.21. The van der Waals surface area contributed by atoms with Crippen LogP contribution < -0.4 is 5.32 Å². The zero-order chi connectivity index (χ0) is 13.1. The molecule has 18 heavy (non-hydrogen) atoms. The number of aryl methyl sites for hydroxylation is 3. The molecule has 0 aromatic carbocycles. The van der Waals surface area contributed by atoms with Gasteiger partial charge in [0.2, 0.25) is 0 Å². The molecule has 0 amide bonds. The topological polar surface area (TPSA) is 37.8 Å². The molecule has 2 rings (SSSR count). The van der Waals surface area contributed by atoms with E-state index in [0.29, 0.717) is 5.15 Å². The summed E-state index contributed by atoms with van der Waals surface area (Å²) in [5, 5.41) is 3.78. The SMILES string of the molecule is CCc1nc(Cl)cc(NCc2cc(C)c(C)s2)n1. The molecule has 3 nitrogen and oxygen atoms in total. The predicted molar refractivity (Wildman–Crippen MR) is 77.5 cm³/mol. The summed E-state index contributed by atoms with van der Waals surface area (Å²) in [5.41, 5.74) is 1.34. The Morgan fingerprint density at radius 3 is 2.67 bits per heavy atom. The fourth-order valence-electron chi connectivity index (χ4n) is 1.63. The van der Waals surface area contributed by atoms with Crippen LogP contribution in [0.25, 0.3) is 0 Å². The van der Waals surface area contributed by atoms with Crippen LogP contribution in [0.3, 0.4) is 0 Å². The summed E-state index contributed by atoms with van der Waals surface area (Å²) < 4.78 is 0. The number of nitrogens with one attached hydrogen (secondary N) is 1. The largest absolute Gasteiger partial charge is 0.365 e. The zero-order valence-corrected chi connectivity index (χ0v) is 12.3. The van der Waals surface area contributed by atoms with Crippen LogP contribution in [-0.2, 0) is 13.0 Å². The molecule has 5 heteroatoms. The average molecular weight is 282 g/mol. The Bertz CT molecular complexity index is 532. The van der Waals surface area contributed by atoms with Gasteiger partial charge in [-0.3, -0.25) is 0 Å². The van der Waals surface area contributed by atoms with Crippen LogP contribution in [-0.4, -0.2) is 9.97 Å². The number of nitrogens with zero attached hydrogens (tertiary/aromatic N) is 2. The average Bonchev–Trinajstić information content (AvgIpc) is 2.65. The van der Waals surface area contributed by atoms with Crippen LogP contribution in [0.5, 0.6) is 0 Å². The van der Waals surface area contributed by atoms with Gasteiger partial charge in [0.1, 0.15) is 16.8 Å². The molecule has 0 saturated carbocycles. The van der Waals surface area contributed by atoms with Gasteiger partial charge >= 0.3 is 0 Å². The van der Waals surface area contributed by atoms with Gasteiger partial charge in [-0.2, -0.15) is 0 Å². The fraction of sp³-hybridized carbons (Fsp3) is 0.385. The molecule has 0 atom stereocenters. The Balaban J connectivity index is 2.07. The minimum atomic E-state index is 0.489. The Morgan fingerprint density at radius 1 is 1.28 bits per heavy atom. The first kappa shape index (κ1) is 13.3. The molecule has 2 aromatic rings. The normalized spacial score (nSPS) is 10.7. The molecule has 0 aliphatic rings. The standard InChI is InChI=1S/C13H16ClN3S/c1-4-12-16-11(14)6-13(17-12)15-7-10-5-8(2)9(3)18-10/h5-6H,4,7H2,1-3H3,(H,15,16,17). The Labute approximate surface area is 116 Å². The Hall–Kier alpha value is -1.13. The van der Waals surface area contributed by atoms with Crippen LogP contribution in [0.2, 0.25) is 5.15 Å². The van der Waals surface area contributed by atoms with Gasteiger partial charge in [0.15, 0.2) is 0 Å². The van der Waals surface area contributed by atoms with Gasteiger partial charge in [0.25, 0.3) is 0 Å². The second-order valence-electron chi connectivity index (χ2n) is 4.15. The van der Waals surface area contributed by atoms with Gasteiger partial charge in [-0.25, -0.2) is 9.97 Å². The molecule has 96 valence electrons. The maximum atomic E-state index is 5.95. The zero-order valence-electron chi connectivity index (χ0n) is 10.7. The van der Waals surface area contributed by atoms with Crippen LogP contribution in [0, 0.1) is 13.8 Å². The van der Waals surface area contributed by atoms with E-state index < -0.39 is 0 Å². The molecule has 0 spiro atoms. The van der Waals surface area contributed by atoms with Crippen LogP contribution in [0.1, 0.15) is 28.1 Å². The van der Waals surface area contributed by atoms with E-state index in [1.54, 1.807) is 6.07 Å². The number of halogens is 1. The van der Waals surface area contributed by atoms with Crippen LogP contribution in [0.15, 0.2) is 12.1 Å². The van der Waals surface area contributed by atoms with Crippen molar-refractivity contribution >= 4 is 28.8 Å². The first-order chi connectivity index (χ1) is 8.58. The van der Waals surface area contributed by atoms with Crippen molar-refractivity contribution in [2.24, 2.45) is 0 Å². The second kappa shape index (κ2) is 5.67. The molecule has 0 radical (unpaired) electrons. The highest BCUT2D eigenvalue weighted by Gasteiger charge is 2.04. The van der Waals surface area contributed by atoms with E-state index in [1.165, 1.54) is 15.3 Å². The smallest absolute Gasteiger partial charge is 0.134 e. The lowest BCUT2D eigenvalue weighted by molar-refractivity contribution is 0.934. The van der Waals surface area contributed by atoms with Crippen molar-refractivity contribution in [3.8, 4) is 0 Å². The highest BCUT2D eigenvalue weighted by Crippen LogP contribution is 2.21. The number of hydrogen-bond acceptors (Lipinski definition) is 4. The molecule has 0 aliphatic carbocycles. The summed E-state index contributed by atoms with van der Waals surface area (Å²) in [7, 11) is 0. The number of hydrogen-bond donors (Lipinski definition) is 1. The van der Waals surface area contributed by atoms with E-state index in [4.69, 9.17) is 11.6 Å². The van der Waals surface area contributed by atoms with Gasteiger partial charge in [-0.05, 0) is 25.5 Å². The van der Waals surface area contributed by atoms with Crippen LogP contribution >= 0.6 is 22.9 Å². The minimum Gasteiger partial charge on any atom is -0.365 e. The number of rotatable bonds is 4. The molecule has 2 heterocycles. The van der Waals surface area contributed by atoms with E-state index in [9.17, 15) is 0 Å². The van der Waals surface area contributed by atoms with Crippen molar-refractivity contribution in [2.75, 3.05) is 5.32 Å². The van der Waals surface area contributed by atoms with Crippen molar-refractivity contribution in [3.05, 3.63) is 38.4 Å². The lowest BCUT2D eigenvalue weighted by Crippen LogP contribution is -2.03. The summed E-state index contributed by atoms with van der Waals surface area (Å²) in [4.78, 5) is 11.2. The number of thiophene rings is 1. The summed E-state index contributed by atoms with van der Waals surface area (Å²) in [6.45, 7) is 7.06. The molecule has 0 saturated heterocycles. The predicted octanol–water partition coefficient (Wildman–Crippen LogP) is 3.98. The molecule has 0 unspecified atom stereocenters. The maximum absolute atomic E-state index is 5.95. The van der Waals surface area contributed by atoms with Crippen molar-refractivity contribution in [1.29, 1.82) is 0 Å². The van der Waals surface area contributed by atoms with E-state index in [-0.39, 0.29) is 0 Å². The highest BCUT2D eigenvalue weighted by atomic mass is 35.5. The molecular weight excluding hydrogens is 266 g/mol. The van der Waals surface area contributed by atoms with Gasteiger partial charge in [0.05, 0.1) is 6.54 Å². The first-order valence-corrected chi connectivity index (χ1v) is 7.11. The first-order valence-electron chi connectivity index (χ1n) is 5.91. The molecule has 1 N–H and O–H groups in total. The fourth-order valence-corrected chi connectivity index (χ4v) is 2.82. The third-order valence-electron chi connectivity index (χ3n) is 2.72. The van der Waals surface area contributed by atoms with Crippen molar-refractivity contribution in [1.82, 2.24) is 9.97 Å². The van der Waals surface area contributed by atoms with Crippen molar-refractivity contribution in [2.45, 2.75) is 33.7 Å². The Morgan fingerprint density at radius 2 is 2.06 bits per heavy atom. The van der Waals surface area contributed by atoms with Gasteiger partial charge < -0.3 is 5.32 Å². The van der Waals surface area contributed by atoms with Crippen molar-refractivity contribution in [3.63, 3.8) is 0 Å². The van der Waals surface area contributed by atoms with E-state index in [0.717, 1.165) is 24.6 Å². The Kier molecular flexibility index (Phi) is 4.19. The third-order valence-corrected chi connectivity index (χ3v) is 4.06. The maximum Gasteiger partial charge on any atom is 0.134 e. The monoisotopic (exact) mass is 281 g/mol. The summed E-state index contributed by atoms with van der Waals surface area (Å²) >= 11 is 7.76. The highest BCUT2D eigenvalue weighted by molar-refractivity contribution is 7.12. The quantitative estimate of drug-likeness (QED) is 0.862. The summed E-state index contributed by atoms with van der Waals surface area (Å²) in [5.74, 6) is 1.55. The van der Waals surface area contributed by atoms with Crippen molar-refractivity contribution < 1.29 is 0 Å². The van der Waals surface area contributed by atoms with Gasteiger partial charge in [-0.1, -0.05) is 18.5 Å². The molecule has 0 bridgehead atoms. The van der Waals surface area contributed by atoms with Gasteiger partial charge in [-0.15, -0.1) is 11.3 Å². The van der Waals surface area contributed by atoms with Gasteiger partial charge in [0, 0.05) is 22.2 Å². The lowest BCUT2D eigenvalue weighted by atomic mass is 10.3. The molecule has 2 aromatic heterocycles. The number of aromatic nitrogens is 2. The summed E-state index contributed by atoms with van der Waals surface area (Å²) in [6, 6.07) is 3.96. The molecular formula is C13H16ClN3S. The van der Waals surface area contributed by atoms with Crippen LogP contribution in [0.4, 0.5) is 5.82 Å². The molecule has 0 fully saturated rings. The lowest BCUT2D eigenvalue weighted by Gasteiger charge is -2.05. The second-order valence-corrected chi connectivity index (χ2v) is 5.88. The van der Waals surface area contributed by atoms with E-state index in [1.807, 2.05) is 18.3 Å². The summed E-state index contributed by atoms with van der Waals surface area (Å²) in [6.07, 6.45) is 0.784. The number of anilines is 1. The minimum absolute atomic E-state index is 0.489. The molecule has 0 aliphatic heterocycles.